The Kier molecular flexibility index (Phi) is 18.9. The molecule has 4 aromatic carbocycles. The maximum absolute atomic E-state index is 12.8. The van der Waals surface area contributed by atoms with Crippen LogP contribution >= 0.6 is 34.8 Å². The molecule has 65 heavy (non-hydrogen) atoms. The molecule has 0 aliphatic carbocycles. The topological polar surface area (TPSA) is 197 Å². The van der Waals surface area contributed by atoms with E-state index in [1.165, 1.54) is 12.4 Å². The SMILES string of the molecule is CC(C)(Oc1ccc(Cl)cc1)C(=O)Cc1ccc(C(=O)CNC(=O)c2cccnc2)cc1.CC(C)(Oc1ccc(Cl)cc1)C(=O)Cl.Nc1ccc(C(=O)CNC(=O)c2cccnc2)cc1. The molecule has 0 bridgehead atoms. The largest absolute Gasteiger partial charge is 0.480 e. The van der Waals surface area contributed by atoms with Gasteiger partial charge < -0.3 is 25.8 Å². The maximum atomic E-state index is 12.8. The standard InChI is InChI=1S/C25H23ClN2O4.C14H13N3O2.C10H10Cl2O2/c1-25(2,32-21-11-9-20(26)10-12-21)23(30)14-17-5-7-18(8-6-17)22(29)16-28-24(31)19-4-3-13-27-15-19;15-12-5-3-10(4-6-12)13(18)9-17-14(19)11-2-1-7-16-8-11;1-10(2,9(12)13)14-8-5-3-7(11)4-6-8/h3-13,15H,14,16H2,1-2H3,(H,28,31);1-8H,9,15H2,(H,17,19);3-6H,1-2H3. The first-order valence-corrected chi connectivity index (χ1v) is 21.0. The predicted octanol–water partition coefficient (Wildman–Crippen LogP) is 8.86. The quantitative estimate of drug-likeness (QED) is 0.0476. The van der Waals surface area contributed by atoms with Crippen LogP contribution in [-0.4, -0.2) is 68.7 Å². The second-order valence-corrected chi connectivity index (χ2v) is 16.2. The molecule has 13 nitrogen and oxygen atoms in total. The van der Waals surface area contributed by atoms with Gasteiger partial charge in [0, 0.05) is 58.1 Å². The average Bonchev–Trinajstić information content (AvgIpc) is 3.30. The van der Waals surface area contributed by atoms with Crippen molar-refractivity contribution in [3.05, 3.63) is 184 Å². The van der Waals surface area contributed by atoms with E-state index in [9.17, 15) is 28.8 Å². The van der Waals surface area contributed by atoms with E-state index in [4.69, 9.17) is 50.0 Å². The summed E-state index contributed by atoms with van der Waals surface area (Å²) in [5.74, 6) is -0.0667. The minimum atomic E-state index is -1.03. The fourth-order valence-electron chi connectivity index (χ4n) is 5.29. The van der Waals surface area contributed by atoms with Crippen molar-refractivity contribution in [1.82, 2.24) is 20.6 Å². The molecule has 0 unspecified atom stereocenters. The van der Waals surface area contributed by atoms with Crippen molar-refractivity contribution in [3.63, 3.8) is 0 Å². The maximum Gasteiger partial charge on any atom is 0.264 e. The number of pyridine rings is 2. The van der Waals surface area contributed by atoms with Crippen LogP contribution in [0.4, 0.5) is 5.69 Å². The number of nitrogens with zero attached hydrogens (tertiary/aromatic N) is 2. The molecule has 6 rings (SSSR count). The number of nitrogens with one attached hydrogen (secondary N) is 2. The summed E-state index contributed by atoms with van der Waals surface area (Å²) in [7, 11) is 0. The van der Waals surface area contributed by atoms with Crippen molar-refractivity contribution in [2.75, 3.05) is 18.8 Å². The third-order valence-electron chi connectivity index (χ3n) is 9.06. The van der Waals surface area contributed by atoms with Gasteiger partial charge in [-0.1, -0.05) is 47.5 Å². The Balaban J connectivity index is 0.000000237. The number of carbonyl (C=O) groups is 6. The van der Waals surface area contributed by atoms with Crippen molar-refractivity contribution in [2.45, 2.75) is 45.3 Å². The lowest BCUT2D eigenvalue weighted by atomic mass is 9.95. The van der Waals surface area contributed by atoms with Gasteiger partial charge in [0.25, 0.3) is 17.1 Å². The van der Waals surface area contributed by atoms with E-state index in [0.29, 0.717) is 49.5 Å². The first kappa shape index (κ1) is 50.7. The molecule has 2 heterocycles. The van der Waals surface area contributed by atoms with Crippen LogP contribution in [-0.2, 0) is 16.0 Å². The summed E-state index contributed by atoms with van der Waals surface area (Å²) in [5, 5.41) is 5.81. The Bertz CT molecular complexity index is 2540. The lowest BCUT2D eigenvalue weighted by molar-refractivity contribution is -0.131. The molecule has 0 aliphatic rings. The molecule has 0 atom stereocenters. The highest BCUT2D eigenvalue weighted by Gasteiger charge is 2.30. The molecule has 0 fully saturated rings. The van der Waals surface area contributed by atoms with Crippen LogP contribution < -0.4 is 25.8 Å². The number of hydrogen-bond acceptors (Lipinski definition) is 11. The number of ketones is 3. The van der Waals surface area contributed by atoms with E-state index in [1.54, 1.807) is 161 Å². The molecule has 6 aromatic rings. The molecule has 2 aromatic heterocycles. The molecule has 0 saturated heterocycles. The summed E-state index contributed by atoms with van der Waals surface area (Å²) in [5.41, 5.74) is 6.62. The minimum absolute atomic E-state index is 0.0579. The number of aromatic nitrogens is 2. The van der Waals surface area contributed by atoms with Gasteiger partial charge in [0.15, 0.2) is 28.6 Å². The summed E-state index contributed by atoms with van der Waals surface area (Å²) in [6, 6.07) is 33.5. The molecule has 0 spiro atoms. The zero-order valence-corrected chi connectivity index (χ0v) is 38.1. The summed E-state index contributed by atoms with van der Waals surface area (Å²) in [6.07, 6.45) is 6.19. The van der Waals surface area contributed by atoms with Crippen molar-refractivity contribution in [3.8, 4) is 11.5 Å². The van der Waals surface area contributed by atoms with Crippen LogP contribution in [0.3, 0.4) is 0 Å². The molecular formula is C49H46Cl3N5O8. The fourth-order valence-corrected chi connectivity index (χ4v) is 5.58. The van der Waals surface area contributed by atoms with Gasteiger partial charge >= 0.3 is 0 Å². The molecule has 2 amide bonds. The van der Waals surface area contributed by atoms with Crippen molar-refractivity contribution in [1.29, 1.82) is 0 Å². The van der Waals surface area contributed by atoms with E-state index in [0.717, 1.165) is 5.56 Å². The predicted molar refractivity (Wildman–Crippen MR) is 251 cm³/mol. The first-order chi connectivity index (χ1) is 30.8. The number of ether oxygens (including phenoxy) is 2. The van der Waals surface area contributed by atoms with Gasteiger partial charge in [-0.3, -0.25) is 38.7 Å². The average molecular weight is 939 g/mol. The highest BCUT2D eigenvalue weighted by molar-refractivity contribution is 6.65. The molecule has 16 heteroatoms. The monoisotopic (exact) mass is 937 g/mol. The fraction of sp³-hybridized carbons (Fsp3) is 0.184. The number of amides is 2. The van der Waals surface area contributed by atoms with Crippen molar-refractivity contribution < 1.29 is 38.2 Å². The van der Waals surface area contributed by atoms with Gasteiger partial charge in [-0.05, 0) is 142 Å². The Morgan fingerprint density at radius 3 is 1.34 bits per heavy atom. The number of carbonyl (C=O) groups excluding carboxylic acids is 6. The third kappa shape index (κ3) is 16.9. The van der Waals surface area contributed by atoms with Gasteiger partial charge in [-0.25, -0.2) is 0 Å². The van der Waals surface area contributed by atoms with E-state index >= 15 is 0 Å². The zero-order valence-electron chi connectivity index (χ0n) is 35.8. The van der Waals surface area contributed by atoms with Crippen LogP contribution in [0.15, 0.2) is 146 Å². The highest BCUT2D eigenvalue weighted by Crippen LogP contribution is 2.24. The molecule has 0 radical (unpaired) electrons. The number of Topliss-reactive ketones (excluding diaryl/α,β-unsaturated/α-hetero) is 3. The Hall–Kier alpha value is -6.93. The van der Waals surface area contributed by atoms with Crippen LogP contribution in [0, 0.1) is 0 Å². The minimum Gasteiger partial charge on any atom is -0.480 e. The number of benzene rings is 4. The van der Waals surface area contributed by atoms with Gasteiger partial charge in [-0.15, -0.1) is 0 Å². The number of nitrogens with two attached hydrogens (primary N) is 1. The number of nitrogen functional groups attached to an aromatic ring is 1. The lowest BCUT2D eigenvalue weighted by Crippen LogP contribution is -2.39. The summed E-state index contributed by atoms with van der Waals surface area (Å²) in [4.78, 5) is 79.4. The Morgan fingerprint density at radius 1 is 0.554 bits per heavy atom. The smallest absolute Gasteiger partial charge is 0.264 e. The summed E-state index contributed by atoms with van der Waals surface area (Å²) >= 11 is 16.9. The van der Waals surface area contributed by atoms with Crippen LogP contribution in [0.2, 0.25) is 10.0 Å². The molecular weight excluding hydrogens is 893 g/mol. The number of hydrogen-bond donors (Lipinski definition) is 3. The molecule has 4 N–H and O–H groups in total. The summed E-state index contributed by atoms with van der Waals surface area (Å²) in [6.45, 7) is 6.46. The Labute approximate surface area is 391 Å². The van der Waals surface area contributed by atoms with E-state index in [2.05, 4.69) is 20.6 Å². The van der Waals surface area contributed by atoms with Crippen LogP contribution in [0.5, 0.6) is 11.5 Å². The second-order valence-electron chi connectivity index (χ2n) is 15.0. The van der Waals surface area contributed by atoms with E-state index in [-0.39, 0.29) is 48.7 Å². The van der Waals surface area contributed by atoms with Crippen molar-refractivity contribution >= 4 is 74.9 Å². The molecule has 336 valence electrons. The van der Waals surface area contributed by atoms with Gasteiger partial charge in [0.05, 0.1) is 24.2 Å². The number of anilines is 1. The summed E-state index contributed by atoms with van der Waals surface area (Å²) < 4.78 is 11.2. The number of halogens is 3. The molecule has 0 aliphatic heterocycles. The van der Waals surface area contributed by atoms with Gasteiger partial charge in [-0.2, -0.15) is 0 Å². The van der Waals surface area contributed by atoms with Crippen LogP contribution in [0.25, 0.3) is 0 Å². The first-order valence-electron chi connectivity index (χ1n) is 19.8. The van der Waals surface area contributed by atoms with E-state index < -0.39 is 16.4 Å². The van der Waals surface area contributed by atoms with Crippen molar-refractivity contribution in [2.24, 2.45) is 0 Å². The van der Waals surface area contributed by atoms with Gasteiger partial charge in [0.1, 0.15) is 11.5 Å². The highest BCUT2D eigenvalue weighted by atomic mass is 35.5. The number of rotatable bonds is 16. The normalized spacial score (nSPS) is 10.7. The van der Waals surface area contributed by atoms with Crippen LogP contribution in [0.1, 0.15) is 74.7 Å². The second kappa shape index (κ2) is 24.2. The third-order valence-corrected chi connectivity index (χ3v) is 10.0. The lowest BCUT2D eigenvalue weighted by Gasteiger charge is -2.25. The van der Waals surface area contributed by atoms with Gasteiger partial charge in [0.2, 0.25) is 0 Å². The van der Waals surface area contributed by atoms with E-state index in [1.807, 2.05) is 0 Å². The Morgan fingerprint density at radius 2 is 0.954 bits per heavy atom. The molecule has 0 saturated carbocycles. The zero-order chi connectivity index (χ0) is 47.6.